The topological polar surface area (TPSA) is 17.8 Å². The standard InChI is InChI=1S/C14H19ClN2S/c1-9-5-6-12-13(7-9)17(8-10(2)18-4)14(16-12)11(3)15/h5-7,10-11H,8H2,1-4H3. The van der Waals surface area contributed by atoms with Gasteiger partial charge in [-0.1, -0.05) is 13.0 Å². The Hall–Kier alpha value is -0.670. The van der Waals surface area contributed by atoms with E-state index >= 15 is 0 Å². The summed E-state index contributed by atoms with van der Waals surface area (Å²) in [4.78, 5) is 4.66. The molecule has 2 aromatic rings. The number of imidazole rings is 1. The van der Waals surface area contributed by atoms with E-state index in [9.17, 15) is 0 Å². The van der Waals surface area contributed by atoms with Crippen molar-refractivity contribution in [2.45, 2.75) is 37.9 Å². The molecule has 0 aliphatic rings. The van der Waals surface area contributed by atoms with Crippen LogP contribution in [0.5, 0.6) is 0 Å². The van der Waals surface area contributed by atoms with Gasteiger partial charge in [0, 0.05) is 11.8 Å². The van der Waals surface area contributed by atoms with Crippen molar-refractivity contribution in [1.29, 1.82) is 0 Å². The van der Waals surface area contributed by atoms with Gasteiger partial charge >= 0.3 is 0 Å². The zero-order chi connectivity index (χ0) is 13.3. The normalized spacial score (nSPS) is 14.9. The fourth-order valence-electron chi connectivity index (χ4n) is 2.08. The molecular weight excluding hydrogens is 264 g/mol. The van der Waals surface area contributed by atoms with Crippen molar-refractivity contribution in [3.05, 3.63) is 29.6 Å². The smallest absolute Gasteiger partial charge is 0.127 e. The van der Waals surface area contributed by atoms with Crippen LogP contribution in [0.4, 0.5) is 0 Å². The van der Waals surface area contributed by atoms with Crippen molar-refractivity contribution >= 4 is 34.4 Å². The quantitative estimate of drug-likeness (QED) is 0.774. The molecule has 0 bridgehead atoms. The molecule has 0 aliphatic heterocycles. The molecule has 0 saturated heterocycles. The number of rotatable bonds is 4. The Kier molecular flexibility index (Phi) is 4.23. The average Bonchev–Trinajstić information content (AvgIpc) is 2.67. The van der Waals surface area contributed by atoms with Crippen LogP contribution in [-0.4, -0.2) is 21.1 Å². The van der Waals surface area contributed by atoms with Crippen LogP contribution in [0, 0.1) is 6.92 Å². The minimum Gasteiger partial charge on any atom is -0.326 e. The number of thioether (sulfide) groups is 1. The van der Waals surface area contributed by atoms with Crippen LogP contribution in [-0.2, 0) is 6.54 Å². The molecule has 0 saturated carbocycles. The van der Waals surface area contributed by atoms with E-state index in [0.717, 1.165) is 17.9 Å². The van der Waals surface area contributed by atoms with Gasteiger partial charge < -0.3 is 4.57 Å². The summed E-state index contributed by atoms with van der Waals surface area (Å²) in [6.45, 7) is 7.27. The van der Waals surface area contributed by atoms with Gasteiger partial charge in [0.05, 0.1) is 16.4 Å². The zero-order valence-electron chi connectivity index (χ0n) is 11.3. The van der Waals surface area contributed by atoms with Gasteiger partial charge in [-0.15, -0.1) is 11.6 Å². The molecule has 0 N–H and O–H groups in total. The summed E-state index contributed by atoms with van der Waals surface area (Å²) >= 11 is 8.12. The average molecular weight is 283 g/mol. The monoisotopic (exact) mass is 282 g/mol. The summed E-state index contributed by atoms with van der Waals surface area (Å²) in [6.07, 6.45) is 2.14. The number of aromatic nitrogens is 2. The molecule has 2 nitrogen and oxygen atoms in total. The van der Waals surface area contributed by atoms with E-state index < -0.39 is 0 Å². The molecule has 18 heavy (non-hydrogen) atoms. The highest BCUT2D eigenvalue weighted by Gasteiger charge is 2.16. The first-order valence-corrected chi connectivity index (χ1v) is 7.89. The van der Waals surface area contributed by atoms with Crippen molar-refractivity contribution in [3.8, 4) is 0 Å². The Morgan fingerprint density at radius 3 is 2.72 bits per heavy atom. The fraction of sp³-hybridized carbons (Fsp3) is 0.500. The molecule has 2 unspecified atom stereocenters. The Labute approximate surface area is 118 Å². The van der Waals surface area contributed by atoms with Gasteiger partial charge in [-0.2, -0.15) is 11.8 Å². The van der Waals surface area contributed by atoms with Gasteiger partial charge in [-0.25, -0.2) is 4.98 Å². The fourth-order valence-corrected chi connectivity index (χ4v) is 2.54. The van der Waals surface area contributed by atoms with E-state index in [2.05, 4.69) is 47.9 Å². The summed E-state index contributed by atoms with van der Waals surface area (Å²) in [7, 11) is 0. The molecule has 0 amide bonds. The molecule has 0 aliphatic carbocycles. The number of alkyl halides is 1. The summed E-state index contributed by atoms with van der Waals surface area (Å²) in [5.74, 6) is 0.971. The third kappa shape index (κ3) is 2.67. The summed E-state index contributed by atoms with van der Waals surface area (Å²) in [5, 5.41) is 0.490. The van der Waals surface area contributed by atoms with Gasteiger partial charge in [0.1, 0.15) is 5.82 Å². The summed E-state index contributed by atoms with van der Waals surface area (Å²) in [5.41, 5.74) is 3.49. The Balaban J connectivity index is 2.57. The lowest BCUT2D eigenvalue weighted by molar-refractivity contribution is 0.665. The zero-order valence-corrected chi connectivity index (χ0v) is 12.8. The van der Waals surface area contributed by atoms with Gasteiger partial charge in [-0.3, -0.25) is 0 Å². The van der Waals surface area contributed by atoms with Gasteiger partial charge in [0.15, 0.2) is 0 Å². The number of hydrogen-bond donors (Lipinski definition) is 0. The van der Waals surface area contributed by atoms with E-state index in [1.165, 1.54) is 11.1 Å². The molecule has 1 aromatic carbocycles. The molecule has 2 atom stereocenters. The maximum absolute atomic E-state index is 6.26. The predicted octanol–water partition coefficient (Wildman–Crippen LogP) is 4.40. The number of hydrogen-bond acceptors (Lipinski definition) is 2. The molecule has 98 valence electrons. The minimum absolute atomic E-state index is 0.0632. The third-order valence-electron chi connectivity index (χ3n) is 3.13. The molecular formula is C14H19ClN2S. The lowest BCUT2D eigenvalue weighted by Crippen LogP contribution is -2.12. The van der Waals surface area contributed by atoms with Crippen LogP contribution in [0.1, 0.15) is 30.6 Å². The Bertz CT molecular complexity index is 548. The van der Waals surface area contributed by atoms with Crippen LogP contribution >= 0.6 is 23.4 Å². The Morgan fingerprint density at radius 2 is 2.11 bits per heavy atom. The minimum atomic E-state index is -0.0632. The molecule has 4 heteroatoms. The van der Waals surface area contributed by atoms with E-state index in [4.69, 9.17) is 11.6 Å². The van der Waals surface area contributed by atoms with Gasteiger partial charge in [-0.05, 0) is 37.8 Å². The second-order valence-electron chi connectivity index (χ2n) is 4.74. The second-order valence-corrected chi connectivity index (χ2v) is 6.67. The van der Waals surface area contributed by atoms with Crippen LogP contribution in [0.25, 0.3) is 11.0 Å². The number of aryl methyl sites for hydroxylation is 1. The van der Waals surface area contributed by atoms with E-state index in [1.807, 2.05) is 18.7 Å². The maximum atomic E-state index is 6.26. The van der Waals surface area contributed by atoms with Crippen LogP contribution in [0.3, 0.4) is 0 Å². The van der Waals surface area contributed by atoms with Crippen LogP contribution < -0.4 is 0 Å². The van der Waals surface area contributed by atoms with Crippen molar-refractivity contribution in [3.63, 3.8) is 0 Å². The molecule has 1 heterocycles. The highest BCUT2D eigenvalue weighted by atomic mass is 35.5. The lowest BCUT2D eigenvalue weighted by Gasteiger charge is -2.14. The molecule has 1 aromatic heterocycles. The number of benzene rings is 1. The molecule has 0 spiro atoms. The molecule has 0 fully saturated rings. The van der Waals surface area contributed by atoms with Crippen molar-refractivity contribution < 1.29 is 0 Å². The number of halogens is 1. The number of nitrogens with zero attached hydrogens (tertiary/aromatic N) is 2. The first-order valence-electron chi connectivity index (χ1n) is 6.16. The van der Waals surface area contributed by atoms with Crippen LogP contribution in [0.2, 0.25) is 0 Å². The van der Waals surface area contributed by atoms with Crippen LogP contribution in [0.15, 0.2) is 18.2 Å². The SMILES string of the molecule is CSC(C)Cn1c(C(C)Cl)nc2ccc(C)cc21. The van der Waals surface area contributed by atoms with E-state index in [-0.39, 0.29) is 5.38 Å². The maximum Gasteiger partial charge on any atom is 0.127 e. The highest BCUT2D eigenvalue weighted by molar-refractivity contribution is 7.99. The second kappa shape index (κ2) is 5.54. The van der Waals surface area contributed by atoms with Crippen molar-refractivity contribution in [1.82, 2.24) is 9.55 Å². The highest BCUT2D eigenvalue weighted by Crippen LogP contribution is 2.26. The van der Waals surface area contributed by atoms with E-state index in [0.29, 0.717) is 5.25 Å². The third-order valence-corrected chi connectivity index (χ3v) is 4.28. The molecule has 0 radical (unpaired) electrons. The van der Waals surface area contributed by atoms with Gasteiger partial charge in [0.2, 0.25) is 0 Å². The van der Waals surface area contributed by atoms with Gasteiger partial charge in [0.25, 0.3) is 0 Å². The van der Waals surface area contributed by atoms with E-state index in [1.54, 1.807) is 0 Å². The first kappa shape index (κ1) is 13.8. The van der Waals surface area contributed by atoms with Crippen molar-refractivity contribution in [2.24, 2.45) is 0 Å². The first-order chi connectivity index (χ1) is 8.52. The molecule has 2 rings (SSSR count). The Morgan fingerprint density at radius 1 is 1.39 bits per heavy atom. The largest absolute Gasteiger partial charge is 0.326 e. The lowest BCUT2D eigenvalue weighted by atomic mass is 10.2. The number of fused-ring (bicyclic) bond motifs is 1. The predicted molar refractivity (Wildman–Crippen MR) is 81.7 cm³/mol. The summed E-state index contributed by atoms with van der Waals surface area (Å²) in [6, 6.07) is 6.37. The van der Waals surface area contributed by atoms with Crippen molar-refractivity contribution in [2.75, 3.05) is 6.26 Å². The summed E-state index contributed by atoms with van der Waals surface area (Å²) < 4.78 is 2.27.